The van der Waals surface area contributed by atoms with E-state index in [0.29, 0.717) is 37.0 Å². The molecule has 3 heterocycles. The highest BCUT2D eigenvalue weighted by atomic mass is 19.1. The van der Waals surface area contributed by atoms with Crippen LogP contribution in [0.1, 0.15) is 29.6 Å². The highest BCUT2D eigenvalue weighted by Crippen LogP contribution is 2.37. The molecule has 1 spiro atoms. The number of nitrogens with zero attached hydrogens (tertiary/aromatic N) is 3. The SMILES string of the molecule is O=C(c1cccc(Nc2ncccn2)c1)N1CCC2(CC1)C[C@H](Oc1ccc(F)cc1)CO2. The Labute approximate surface area is 191 Å². The van der Waals surface area contributed by atoms with Crippen LogP contribution in [0.4, 0.5) is 16.0 Å². The number of carbonyl (C=O) groups is 1. The molecule has 0 radical (unpaired) electrons. The number of halogens is 1. The smallest absolute Gasteiger partial charge is 0.253 e. The number of hydrogen-bond donors (Lipinski definition) is 1. The maximum atomic E-state index is 13.1. The average Bonchev–Trinajstić information content (AvgIpc) is 3.23. The summed E-state index contributed by atoms with van der Waals surface area (Å²) in [6, 6.07) is 15.2. The lowest BCUT2D eigenvalue weighted by Gasteiger charge is -2.38. The standard InChI is InChI=1S/C25H25FN4O3/c26-19-5-7-21(8-6-19)33-22-16-25(32-17-22)9-13-30(14-10-25)23(31)18-3-1-4-20(15-18)29-24-27-11-2-12-28-24/h1-8,11-12,15,22H,9-10,13-14,16-17H2,(H,27,28,29)/t22-/m0/s1. The van der Waals surface area contributed by atoms with Crippen molar-refractivity contribution in [1.82, 2.24) is 14.9 Å². The van der Waals surface area contributed by atoms with E-state index in [1.165, 1.54) is 12.1 Å². The second-order valence-electron chi connectivity index (χ2n) is 8.46. The van der Waals surface area contributed by atoms with Gasteiger partial charge < -0.3 is 19.7 Å². The average molecular weight is 448 g/mol. The molecule has 0 bridgehead atoms. The van der Waals surface area contributed by atoms with Gasteiger partial charge in [0.15, 0.2) is 0 Å². The first-order valence-electron chi connectivity index (χ1n) is 11.1. The molecule has 2 saturated heterocycles. The van der Waals surface area contributed by atoms with Crippen molar-refractivity contribution in [2.24, 2.45) is 0 Å². The molecule has 0 aliphatic carbocycles. The number of benzene rings is 2. The highest BCUT2D eigenvalue weighted by molar-refractivity contribution is 5.95. The molecule has 2 aliphatic heterocycles. The summed E-state index contributed by atoms with van der Waals surface area (Å²) in [5, 5.41) is 3.12. The Kier molecular flexibility index (Phi) is 5.92. The quantitative estimate of drug-likeness (QED) is 0.630. The fourth-order valence-corrected chi connectivity index (χ4v) is 4.45. The topological polar surface area (TPSA) is 76.6 Å². The number of carbonyl (C=O) groups excluding carboxylic acids is 1. The summed E-state index contributed by atoms with van der Waals surface area (Å²) >= 11 is 0. The zero-order valence-electron chi connectivity index (χ0n) is 18.1. The van der Waals surface area contributed by atoms with E-state index in [0.717, 1.165) is 24.9 Å². The molecular formula is C25H25FN4O3. The van der Waals surface area contributed by atoms with Crippen molar-refractivity contribution >= 4 is 17.5 Å². The second-order valence-corrected chi connectivity index (χ2v) is 8.46. The van der Waals surface area contributed by atoms with Crippen molar-refractivity contribution < 1.29 is 18.7 Å². The van der Waals surface area contributed by atoms with Crippen molar-refractivity contribution in [2.45, 2.75) is 31.0 Å². The molecule has 0 saturated carbocycles. The minimum atomic E-state index is -0.284. The van der Waals surface area contributed by atoms with E-state index in [-0.39, 0.29) is 23.4 Å². The van der Waals surface area contributed by atoms with Gasteiger partial charge in [-0.15, -0.1) is 0 Å². The first kappa shape index (κ1) is 21.3. The van der Waals surface area contributed by atoms with Gasteiger partial charge in [-0.3, -0.25) is 4.79 Å². The summed E-state index contributed by atoms with van der Waals surface area (Å²) in [4.78, 5) is 23.3. The summed E-state index contributed by atoms with van der Waals surface area (Å²) in [7, 11) is 0. The molecule has 1 atom stereocenters. The van der Waals surface area contributed by atoms with Crippen molar-refractivity contribution in [1.29, 1.82) is 0 Å². The minimum absolute atomic E-state index is 0.000380. The van der Waals surface area contributed by atoms with Crippen LogP contribution in [-0.4, -0.2) is 52.2 Å². The highest BCUT2D eigenvalue weighted by Gasteiger charge is 2.44. The van der Waals surface area contributed by atoms with Gasteiger partial charge in [-0.25, -0.2) is 14.4 Å². The second kappa shape index (κ2) is 9.15. The van der Waals surface area contributed by atoms with Gasteiger partial charge in [0.05, 0.1) is 12.2 Å². The van der Waals surface area contributed by atoms with Crippen LogP contribution >= 0.6 is 0 Å². The number of anilines is 2. The van der Waals surface area contributed by atoms with Gasteiger partial charge in [-0.1, -0.05) is 6.07 Å². The van der Waals surface area contributed by atoms with Crippen LogP contribution in [0.15, 0.2) is 67.0 Å². The molecule has 8 heteroatoms. The maximum absolute atomic E-state index is 13.1. The lowest BCUT2D eigenvalue weighted by atomic mass is 9.87. The summed E-state index contributed by atoms with van der Waals surface area (Å²) in [6.07, 6.45) is 5.54. The zero-order valence-corrected chi connectivity index (χ0v) is 18.1. The van der Waals surface area contributed by atoms with E-state index in [1.807, 2.05) is 29.2 Å². The van der Waals surface area contributed by atoms with Gasteiger partial charge in [-0.05, 0) is 61.4 Å². The minimum Gasteiger partial charge on any atom is -0.488 e. The molecule has 5 rings (SSSR count). The normalized spacial score (nSPS) is 19.4. The number of likely N-dealkylation sites (tertiary alicyclic amines) is 1. The number of ether oxygens (including phenoxy) is 2. The van der Waals surface area contributed by atoms with Gasteiger partial charge in [0.25, 0.3) is 5.91 Å². The Morgan fingerprint density at radius 1 is 1.09 bits per heavy atom. The molecule has 2 fully saturated rings. The van der Waals surface area contributed by atoms with Gasteiger partial charge in [0, 0.05) is 43.2 Å². The van der Waals surface area contributed by atoms with Gasteiger partial charge in [0.1, 0.15) is 17.7 Å². The number of hydrogen-bond acceptors (Lipinski definition) is 6. The lowest BCUT2D eigenvalue weighted by molar-refractivity contribution is -0.0395. The molecule has 1 amide bonds. The molecule has 3 aromatic rings. The summed E-state index contributed by atoms with van der Waals surface area (Å²) in [5.74, 6) is 0.842. The third-order valence-corrected chi connectivity index (χ3v) is 6.18. The Morgan fingerprint density at radius 2 is 1.85 bits per heavy atom. The van der Waals surface area contributed by atoms with Crippen LogP contribution in [0.5, 0.6) is 5.75 Å². The van der Waals surface area contributed by atoms with Crippen molar-refractivity contribution in [3.63, 3.8) is 0 Å². The van der Waals surface area contributed by atoms with Crippen LogP contribution in [0.25, 0.3) is 0 Å². The molecule has 170 valence electrons. The first-order chi connectivity index (χ1) is 16.1. The van der Waals surface area contributed by atoms with Crippen molar-refractivity contribution in [3.8, 4) is 5.75 Å². The molecule has 1 N–H and O–H groups in total. The van der Waals surface area contributed by atoms with E-state index in [4.69, 9.17) is 9.47 Å². The molecule has 0 unspecified atom stereocenters. The number of aromatic nitrogens is 2. The summed E-state index contributed by atoms with van der Waals surface area (Å²) in [5.41, 5.74) is 1.12. The van der Waals surface area contributed by atoms with Crippen molar-refractivity contribution in [2.75, 3.05) is 25.0 Å². The number of nitrogens with one attached hydrogen (secondary N) is 1. The Morgan fingerprint density at radius 3 is 2.61 bits per heavy atom. The maximum Gasteiger partial charge on any atom is 0.253 e. The van der Waals surface area contributed by atoms with Crippen LogP contribution in [0, 0.1) is 5.82 Å². The van der Waals surface area contributed by atoms with Gasteiger partial charge in [0.2, 0.25) is 5.95 Å². The lowest BCUT2D eigenvalue weighted by Crippen LogP contribution is -2.46. The van der Waals surface area contributed by atoms with Crippen LogP contribution in [0.3, 0.4) is 0 Å². The largest absolute Gasteiger partial charge is 0.488 e. The van der Waals surface area contributed by atoms with Gasteiger partial charge >= 0.3 is 0 Å². The molecule has 2 aromatic carbocycles. The predicted octanol–water partition coefficient (Wildman–Crippen LogP) is 4.20. The molecule has 33 heavy (non-hydrogen) atoms. The molecule has 2 aliphatic rings. The molecular weight excluding hydrogens is 423 g/mol. The van der Waals surface area contributed by atoms with E-state index < -0.39 is 0 Å². The number of piperidine rings is 1. The third-order valence-electron chi connectivity index (χ3n) is 6.18. The Balaban J connectivity index is 1.17. The predicted molar refractivity (Wildman–Crippen MR) is 121 cm³/mol. The Bertz CT molecular complexity index is 1100. The third kappa shape index (κ3) is 4.96. The summed E-state index contributed by atoms with van der Waals surface area (Å²) in [6.45, 7) is 1.75. The van der Waals surface area contributed by atoms with Crippen LogP contribution < -0.4 is 10.1 Å². The monoisotopic (exact) mass is 448 g/mol. The molecule has 1 aromatic heterocycles. The first-order valence-corrected chi connectivity index (χ1v) is 11.1. The number of amides is 1. The van der Waals surface area contributed by atoms with E-state index >= 15 is 0 Å². The van der Waals surface area contributed by atoms with E-state index in [1.54, 1.807) is 30.6 Å². The Hall–Kier alpha value is -3.52. The summed E-state index contributed by atoms with van der Waals surface area (Å²) < 4.78 is 25.2. The number of rotatable bonds is 5. The van der Waals surface area contributed by atoms with E-state index in [9.17, 15) is 9.18 Å². The van der Waals surface area contributed by atoms with Crippen LogP contribution in [-0.2, 0) is 4.74 Å². The van der Waals surface area contributed by atoms with E-state index in [2.05, 4.69) is 15.3 Å². The van der Waals surface area contributed by atoms with Crippen LogP contribution in [0.2, 0.25) is 0 Å². The molecule has 7 nitrogen and oxygen atoms in total. The van der Waals surface area contributed by atoms with Crippen molar-refractivity contribution in [3.05, 3.63) is 78.4 Å². The fourth-order valence-electron chi connectivity index (χ4n) is 4.45. The zero-order chi connectivity index (χ0) is 22.7. The fraction of sp³-hybridized carbons (Fsp3) is 0.320. The van der Waals surface area contributed by atoms with Gasteiger partial charge in [-0.2, -0.15) is 0 Å².